The molecule has 0 radical (unpaired) electrons. The van der Waals surface area contributed by atoms with Gasteiger partial charge in [-0.3, -0.25) is 14.6 Å². The van der Waals surface area contributed by atoms with Crippen LogP contribution in [0.5, 0.6) is 0 Å². The van der Waals surface area contributed by atoms with Gasteiger partial charge in [-0.05, 0) is 11.6 Å². The van der Waals surface area contributed by atoms with Crippen LogP contribution in [0.1, 0.15) is 22.5 Å². The predicted molar refractivity (Wildman–Crippen MR) is 41.9 cm³/mol. The summed E-state index contributed by atoms with van der Waals surface area (Å²) in [5.41, 5.74) is 1.23. The van der Waals surface area contributed by atoms with Crippen LogP contribution in [-0.4, -0.2) is 16.6 Å². The second-order valence-electron chi connectivity index (χ2n) is 2.83. The first-order valence-corrected chi connectivity index (χ1v) is 3.76. The summed E-state index contributed by atoms with van der Waals surface area (Å²) in [5.74, 6) is -0.164. The molecule has 1 aliphatic carbocycles. The quantitative estimate of drug-likeness (QED) is 0.528. The third-order valence-corrected chi connectivity index (χ3v) is 1.90. The van der Waals surface area contributed by atoms with Crippen molar-refractivity contribution in [1.29, 1.82) is 0 Å². The maximum absolute atomic E-state index is 11.2. The molecular weight excluding hydrogens is 154 g/mol. The summed E-state index contributed by atoms with van der Waals surface area (Å²) < 4.78 is 0. The number of aromatic nitrogens is 1. The zero-order valence-electron chi connectivity index (χ0n) is 6.41. The molecule has 0 aliphatic heterocycles. The number of pyridine rings is 1. The highest BCUT2D eigenvalue weighted by atomic mass is 16.1. The molecule has 0 spiro atoms. The Balaban J connectivity index is 2.54. The molecule has 1 aromatic rings. The summed E-state index contributed by atoms with van der Waals surface area (Å²) in [6.07, 6.45) is 1.95. The van der Waals surface area contributed by atoms with Crippen molar-refractivity contribution in [2.24, 2.45) is 0 Å². The number of nitrogens with zero attached hydrogens (tertiary/aromatic N) is 1. The van der Waals surface area contributed by atoms with Gasteiger partial charge < -0.3 is 0 Å². The lowest BCUT2D eigenvalue weighted by Gasteiger charge is -2.10. The van der Waals surface area contributed by atoms with E-state index in [4.69, 9.17) is 0 Å². The van der Waals surface area contributed by atoms with Gasteiger partial charge in [0.2, 0.25) is 0 Å². The predicted octanol–water partition coefficient (Wildman–Crippen LogP) is 0.780. The molecule has 1 aliphatic rings. The largest absolute Gasteiger partial charge is 0.299 e. The van der Waals surface area contributed by atoms with Crippen molar-refractivity contribution in [3.8, 4) is 0 Å². The molecule has 1 heterocycles. The SMILES string of the molecule is O=C1CC(=O)c2ncccc2C1. The highest BCUT2D eigenvalue weighted by Crippen LogP contribution is 2.15. The monoisotopic (exact) mass is 161 g/mol. The molecule has 0 bridgehead atoms. The van der Waals surface area contributed by atoms with Crippen molar-refractivity contribution in [2.45, 2.75) is 12.8 Å². The summed E-state index contributed by atoms with van der Waals surface area (Å²) in [4.78, 5) is 26.1. The van der Waals surface area contributed by atoms with Crippen molar-refractivity contribution in [1.82, 2.24) is 4.98 Å². The van der Waals surface area contributed by atoms with Gasteiger partial charge in [-0.2, -0.15) is 0 Å². The molecule has 60 valence electrons. The van der Waals surface area contributed by atoms with E-state index in [0.717, 1.165) is 5.56 Å². The number of hydrogen-bond acceptors (Lipinski definition) is 3. The fourth-order valence-corrected chi connectivity index (χ4v) is 1.37. The van der Waals surface area contributed by atoms with Gasteiger partial charge in [0, 0.05) is 12.6 Å². The van der Waals surface area contributed by atoms with E-state index in [-0.39, 0.29) is 18.0 Å². The Bertz CT molecular complexity index is 357. The Kier molecular flexibility index (Phi) is 1.50. The third-order valence-electron chi connectivity index (χ3n) is 1.90. The Hall–Kier alpha value is -1.51. The van der Waals surface area contributed by atoms with E-state index in [1.54, 1.807) is 18.3 Å². The second kappa shape index (κ2) is 2.52. The molecular formula is C9H7NO2. The van der Waals surface area contributed by atoms with E-state index in [9.17, 15) is 9.59 Å². The van der Waals surface area contributed by atoms with Crippen LogP contribution in [0.3, 0.4) is 0 Å². The van der Waals surface area contributed by atoms with Crippen LogP contribution in [0.4, 0.5) is 0 Å². The van der Waals surface area contributed by atoms with E-state index < -0.39 is 0 Å². The van der Waals surface area contributed by atoms with Gasteiger partial charge in [0.15, 0.2) is 5.78 Å². The van der Waals surface area contributed by atoms with Gasteiger partial charge in [0.25, 0.3) is 0 Å². The number of Topliss-reactive ketones (excluding diaryl/α,β-unsaturated/α-hetero) is 2. The number of carbonyl (C=O) groups is 2. The molecule has 0 N–H and O–H groups in total. The smallest absolute Gasteiger partial charge is 0.188 e. The third kappa shape index (κ3) is 1.03. The molecule has 0 fully saturated rings. The Morgan fingerprint density at radius 1 is 1.25 bits per heavy atom. The number of rotatable bonds is 0. The fraction of sp³-hybridized carbons (Fsp3) is 0.222. The Morgan fingerprint density at radius 2 is 2.08 bits per heavy atom. The van der Waals surface area contributed by atoms with Crippen molar-refractivity contribution >= 4 is 11.6 Å². The lowest BCUT2D eigenvalue weighted by atomic mass is 9.94. The zero-order valence-corrected chi connectivity index (χ0v) is 6.41. The van der Waals surface area contributed by atoms with Crippen molar-refractivity contribution < 1.29 is 9.59 Å². The number of carbonyl (C=O) groups excluding carboxylic acids is 2. The van der Waals surface area contributed by atoms with E-state index in [2.05, 4.69) is 4.98 Å². The van der Waals surface area contributed by atoms with Crippen LogP contribution < -0.4 is 0 Å². The van der Waals surface area contributed by atoms with Crippen LogP contribution in [0.15, 0.2) is 18.3 Å². The average Bonchev–Trinajstić information content (AvgIpc) is 2.04. The van der Waals surface area contributed by atoms with Crippen molar-refractivity contribution in [3.05, 3.63) is 29.6 Å². The van der Waals surface area contributed by atoms with E-state index in [0.29, 0.717) is 12.1 Å². The van der Waals surface area contributed by atoms with E-state index in [1.165, 1.54) is 0 Å². The van der Waals surface area contributed by atoms with Gasteiger partial charge in [-0.25, -0.2) is 0 Å². The first kappa shape index (κ1) is 7.16. The van der Waals surface area contributed by atoms with Gasteiger partial charge in [0.05, 0.1) is 6.42 Å². The standard InChI is InChI=1S/C9H7NO2/c11-7-4-6-2-1-3-10-9(6)8(12)5-7/h1-3H,4-5H2. The molecule has 0 saturated heterocycles. The van der Waals surface area contributed by atoms with Crippen molar-refractivity contribution in [2.75, 3.05) is 0 Å². The highest BCUT2D eigenvalue weighted by Gasteiger charge is 2.23. The van der Waals surface area contributed by atoms with Gasteiger partial charge >= 0.3 is 0 Å². The maximum atomic E-state index is 11.2. The topological polar surface area (TPSA) is 47.0 Å². The summed E-state index contributed by atoms with van der Waals surface area (Å²) in [7, 11) is 0. The van der Waals surface area contributed by atoms with Gasteiger partial charge in [-0.15, -0.1) is 0 Å². The molecule has 2 rings (SSSR count). The number of ketones is 2. The highest BCUT2D eigenvalue weighted by molar-refractivity contribution is 6.11. The van der Waals surface area contributed by atoms with E-state index in [1.807, 2.05) is 0 Å². The molecule has 3 nitrogen and oxygen atoms in total. The molecule has 0 unspecified atom stereocenters. The zero-order chi connectivity index (χ0) is 8.55. The first-order chi connectivity index (χ1) is 5.77. The summed E-state index contributed by atoms with van der Waals surface area (Å²) in [6.45, 7) is 0. The van der Waals surface area contributed by atoms with Crippen LogP contribution in [0.2, 0.25) is 0 Å². The minimum atomic E-state index is -0.151. The Morgan fingerprint density at radius 3 is 2.92 bits per heavy atom. The molecule has 0 saturated carbocycles. The minimum absolute atomic E-state index is 0.0134. The second-order valence-corrected chi connectivity index (χ2v) is 2.83. The first-order valence-electron chi connectivity index (χ1n) is 3.76. The fourth-order valence-electron chi connectivity index (χ4n) is 1.37. The Labute approximate surface area is 69.4 Å². The average molecular weight is 161 g/mol. The molecule has 0 amide bonds. The summed E-state index contributed by atoms with van der Waals surface area (Å²) in [5, 5.41) is 0. The van der Waals surface area contributed by atoms with Crippen LogP contribution in [0, 0.1) is 0 Å². The van der Waals surface area contributed by atoms with Gasteiger partial charge in [0.1, 0.15) is 11.5 Å². The molecule has 12 heavy (non-hydrogen) atoms. The van der Waals surface area contributed by atoms with Crippen LogP contribution in [-0.2, 0) is 11.2 Å². The lowest BCUT2D eigenvalue weighted by molar-refractivity contribution is -0.117. The summed E-state index contributed by atoms with van der Waals surface area (Å²) >= 11 is 0. The lowest BCUT2D eigenvalue weighted by Crippen LogP contribution is -2.20. The normalized spacial score (nSPS) is 16.0. The van der Waals surface area contributed by atoms with Crippen LogP contribution >= 0.6 is 0 Å². The molecule has 1 aromatic heterocycles. The van der Waals surface area contributed by atoms with Crippen LogP contribution in [0.25, 0.3) is 0 Å². The number of fused-ring (bicyclic) bond motifs is 1. The molecule has 0 aromatic carbocycles. The van der Waals surface area contributed by atoms with Gasteiger partial charge in [-0.1, -0.05) is 6.07 Å². The molecule has 3 heteroatoms. The molecule has 0 atom stereocenters. The summed E-state index contributed by atoms with van der Waals surface area (Å²) in [6, 6.07) is 3.52. The van der Waals surface area contributed by atoms with Crippen molar-refractivity contribution in [3.63, 3.8) is 0 Å². The minimum Gasteiger partial charge on any atom is -0.299 e. The number of hydrogen-bond donors (Lipinski definition) is 0. The van der Waals surface area contributed by atoms with E-state index >= 15 is 0 Å². The maximum Gasteiger partial charge on any atom is 0.188 e.